The molecule has 18 heavy (non-hydrogen) atoms. The highest BCUT2D eigenvalue weighted by molar-refractivity contribution is 9.10. The van der Waals surface area contributed by atoms with E-state index >= 15 is 0 Å². The zero-order valence-corrected chi connectivity index (χ0v) is 13.1. The van der Waals surface area contributed by atoms with E-state index in [1.165, 1.54) is 37.8 Å². The fraction of sp³-hybridized carbons (Fsp3) is 0.500. The van der Waals surface area contributed by atoms with Crippen LogP contribution in [0.4, 0.5) is 5.69 Å². The number of halogens is 1. The van der Waals surface area contributed by atoms with Crippen molar-refractivity contribution >= 4 is 38.8 Å². The highest BCUT2D eigenvalue weighted by Crippen LogP contribution is 2.31. The Bertz CT molecular complexity index is 441. The van der Waals surface area contributed by atoms with Gasteiger partial charge in [0.25, 0.3) is 0 Å². The molecule has 2 rings (SSSR count). The van der Waals surface area contributed by atoms with Crippen molar-refractivity contribution in [1.29, 1.82) is 0 Å². The zero-order valence-electron chi connectivity index (χ0n) is 10.7. The van der Waals surface area contributed by atoms with Crippen molar-refractivity contribution in [3.05, 3.63) is 28.2 Å². The predicted molar refractivity (Wildman–Crippen MR) is 85.3 cm³/mol. The summed E-state index contributed by atoms with van der Waals surface area (Å²) in [6, 6.07) is 6.78. The van der Waals surface area contributed by atoms with E-state index in [4.69, 9.17) is 18.0 Å². The molecule has 1 aliphatic rings. The third-order valence-corrected chi connectivity index (χ3v) is 4.61. The van der Waals surface area contributed by atoms with Gasteiger partial charge in [0, 0.05) is 23.1 Å². The van der Waals surface area contributed by atoms with Gasteiger partial charge in [0.15, 0.2) is 0 Å². The van der Waals surface area contributed by atoms with Gasteiger partial charge in [-0.15, -0.1) is 0 Å². The molecular formula is C14H19BrN2S. The molecule has 0 unspecified atom stereocenters. The largest absolute Gasteiger partial charge is 0.389 e. The molecule has 98 valence electrons. The lowest BCUT2D eigenvalue weighted by atomic mass is 9.94. The van der Waals surface area contributed by atoms with Gasteiger partial charge in [0.1, 0.15) is 4.99 Å². The van der Waals surface area contributed by atoms with E-state index in [-0.39, 0.29) is 0 Å². The number of nitrogens with two attached hydrogens (primary N) is 1. The molecule has 0 heterocycles. The first-order valence-electron chi connectivity index (χ1n) is 6.42. The summed E-state index contributed by atoms with van der Waals surface area (Å²) in [6.07, 6.45) is 6.65. The van der Waals surface area contributed by atoms with Crippen LogP contribution in [0.15, 0.2) is 22.7 Å². The lowest BCUT2D eigenvalue weighted by Gasteiger charge is -2.33. The van der Waals surface area contributed by atoms with E-state index in [0.29, 0.717) is 11.0 Å². The summed E-state index contributed by atoms with van der Waals surface area (Å²) in [5.41, 5.74) is 7.79. The Labute approximate surface area is 123 Å². The molecule has 1 aromatic carbocycles. The quantitative estimate of drug-likeness (QED) is 0.855. The van der Waals surface area contributed by atoms with Gasteiger partial charge in [-0.1, -0.05) is 31.5 Å². The summed E-state index contributed by atoms with van der Waals surface area (Å²) in [5.74, 6) is 0. The molecule has 2 nitrogen and oxygen atoms in total. The molecule has 1 aliphatic carbocycles. The Morgan fingerprint density at radius 3 is 2.56 bits per heavy atom. The van der Waals surface area contributed by atoms with E-state index in [0.717, 1.165) is 10.0 Å². The second-order valence-electron chi connectivity index (χ2n) is 4.93. The first-order chi connectivity index (χ1) is 8.59. The third-order valence-electron chi connectivity index (χ3n) is 3.73. The van der Waals surface area contributed by atoms with E-state index in [2.05, 4.69) is 33.9 Å². The molecule has 0 spiro atoms. The van der Waals surface area contributed by atoms with E-state index in [1.807, 2.05) is 12.1 Å². The fourth-order valence-electron chi connectivity index (χ4n) is 2.61. The second-order valence-corrected chi connectivity index (χ2v) is 6.23. The smallest absolute Gasteiger partial charge is 0.104 e. The Balaban J connectivity index is 2.19. The van der Waals surface area contributed by atoms with Crippen molar-refractivity contribution in [2.24, 2.45) is 5.73 Å². The minimum absolute atomic E-state index is 0.447. The second kappa shape index (κ2) is 6.02. The highest BCUT2D eigenvalue weighted by Gasteiger charge is 2.19. The van der Waals surface area contributed by atoms with Crippen LogP contribution in [-0.4, -0.2) is 18.1 Å². The van der Waals surface area contributed by atoms with E-state index in [1.54, 1.807) is 0 Å². The van der Waals surface area contributed by atoms with E-state index < -0.39 is 0 Å². The first kappa shape index (κ1) is 13.8. The third kappa shape index (κ3) is 3.04. The highest BCUT2D eigenvalue weighted by atomic mass is 79.9. The van der Waals surface area contributed by atoms with Gasteiger partial charge in [0.2, 0.25) is 0 Å². The Morgan fingerprint density at radius 2 is 2.00 bits per heavy atom. The molecule has 1 aromatic rings. The predicted octanol–water partition coefficient (Wildman–Crippen LogP) is 3.85. The van der Waals surface area contributed by atoms with Crippen LogP contribution in [0.2, 0.25) is 0 Å². The van der Waals surface area contributed by atoms with Crippen LogP contribution in [0.25, 0.3) is 0 Å². The van der Waals surface area contributed by atoms with Gasteiger partial charge >= 0.3 is 0 Å². The van der Waals surface area contributed by atoms with Crippen molar-refractivity contribution in [1.82, 2.24) is 0 Å². The molecule has 0 radical (unpaired) electrons. The molecule has 0 saturated heterocycles. The number of nitrogens with zero attached hydrogens (tertiary/aromatic N) is 1. The normalized spacial score (nSPS) is 16.6. The van der Waals surface area contributed by atoms with Crippen LogP contribution in [0.1, 0.15) is 37.7 Å². The Hall–Kier alpha value is -0.610. The summed E-state index contributed by atoms with van der Waals surface area (Å²) in [4.78, 5) is 2.83. The molecule has 0 aromatic heterocycles. The minimum Gasteiger partial charge on any atom is -0.389 e. The maximum absolute atomic E-state index is 5.65. The maximum atomic E-state index is 5.65. The van der Waals surface area contributed by atoms with Crippen LogP contribution in [0, 0.1) is 0 Å². The average Bonchev–Trinajstić information content (AvgIpc) is 2.38. The van der Waals surface area contributed by atoms with Crippen molar-refractivity contribution in [2.75, 3.05) is 11.9 Å². The Kier molecular flexibility index (Phi) is 4.62. The van der Waals surface area contributed by atoms with Crippen molar-refractivity contribution in [3.63, 3.8) is 0 Å². The number of hydrogen-bond donors (Lipinski definition) is 1. The lowest BCUT2D eigenvalue weighted by Crippen LogP contribution is -2.33. The SMILES string of the molecule is CN(c1ccc(C(N)=S)cc1Br)C1CCCCC1. The fourth-order valence-corrected chi connectivity index (χ4v) is 3.40. The summed E-state index contributed by atoms with van der Waals surface area (Å²) in [5, 5.41) is 0. The number of benzene rings is 1. The van der Waals surface area contributed by atoms with Crippen LogP contribution in [-0.2, 0) is 0 Å². The molecular weight excluding hydrogens is 308 g/mol. The van der Waals surface area contributed by atoms with Gasteiger partial charge in [-0.05, 0) is 47.0 Å². The van der Waals surface area contributed by atoms with Crippen LogP contribution >= 0.6 is 28.1 Å². The van der Waals surface area contributed by atoms with Crippen LogP contribution in [0.3, 0.4) is 0 Å². The standard InChI is InChI=1S/C14H19BrN2S/c1-17(11-5-3-2-4-6-11)13-8-7-10(14(16)18)9-12(13)15/h7-9,11H,2-6H2,1H3,(H2,16,18). The lowest BCUT2D eigenvalue weighted by molar-refractivity contribution is 0.427. The summed E-state index contributed by atoms with van der Waals surface area (Å²) in [7, 11) is 2.18. The number of rotatable bonds is 3. The minimum atomic E-state index is 0.447. The average molecular weight is 327 g/mol. The van der Waals surface area contributed by atoms with Gasteiger partial charge < -0.3 is 10.6 Å². The number of hydrogen-bond acceptors (Lipinski definition) is 2. The van der Waals surface area contributed by atoms with Crippen LogP contribution < -0.4 is 10.6 Å². The van der Waals surface area contributed by atoms with Gasteiger partial charge in [-0.2, -0.15) is 0 Å². The van der Waals surface area contributed by atoms with Crippen molar-refractivity contribution in [3.8, 4) is 0 Å². The molecule has 4 heteroatoms. The zero-order chi connectivity index (χ0) is 13.1. The summed E-state index contributed by atoms with van der Waals surface area (Å²) < 4.78 is 1.07. The van der Waals surface area contributed by atoms with Crippen molar-refractivity contribution in [2.45, 2.75) is 38.1 Å². The Morgan fingerprint density at radius 1 is 1.33 bits per heavy atom. The van der Waals surface area contributed by atoms with Crippen molar-refractivity contribution < 1.29 is 0 Å². The molecule has 0 aliphatic heterocycles. The summed E-state index contributed by atoms with van der Waals surface area (Å²) >= 11 is 8.62. The van der Waals surface area contributed by atoms with Gasteiger partial charge in [0.05, 0.1) is 5.69 Å². The molecule has 1 saturated carbocycles. The maximum Gasteiger partial charge on any atom is 0.104 e. The van der Waals surface area contributed by atoms with Crippen LogP contribution in [0.5, 0.6) is 0 Å². The topological polar surface area (TPSA) is 29.3 Å². The van der Waals surface area contributed by atoms with Gasteiger partial charge in [-0.25, -0.2) is 0 Å². The molecule has 2 N–H and O–H groups in total. The first-order valence-corrected chi connectivity index (χ1v) is 7.62. The monoisotopic (exact) mass is 326 g/mol. The number of thiocarbonyl (C=S) groups is 1. The summed E-state index contributed by atoms with van der Waals surface area (Å²) in [6.45, 7) is 0. The van der Waals surface area contributed by atoms with Gasteiger partial charge in [-0.3, -0.25) is 0 Å². The van der Waals surface area contributed by atoms with E-state index in [9.17, 15) is 0 Å². The number of anilines is 1. The molecule has 1 fully saturated rings. The molecule has 0 atom stereocenters. The molecule has 0 amide bonds. The molecule has 0 bridgehead atoms.